The number of aromatic nitrogens is 3. The molecular weight excluding hydrogens is 470 g/mol. The van der Waals surface area contributed by atoms with Crippen LogP contribution in [0.1, 0.15) is 27.0 Å². The van der Waals surface area contributed by atoms with E-state index in [1.54, 1.807) is 0 Å². The molecule has 6 nitrogen and oxygen atoms in total. The number of anilines is 2. The van der Waals surface area contributed by atoms with Crippen molar-refractivity contribution in [2.45, 2.75) is 20.4 Å². The van der Waals surface area contributed by atoms with Crippen molar-refractivity contribution in [3.05, 3.63) is 126 Å². The molecule has 0 atom stereocenters. The van der Waals surface area contributed by atoms with Crippen LogP contribution in [0.2, 0.25) is 0 Å². The molecule has 2 heterocycles. The first-order valence-electron chi connectivity index (χ1n) is 12.6. The Hall–Kier alpha value is -4.97. The molecule has 186 valence electrons. The van der Waals surface area contributed by atoms with E-state index < -0.39 is 0 Å². The molecule has 4 aromatic carbocycles. The van der Waals surface area contributed by atoms with E-state index in [4.69, 9.17) is 4.98 Å². The second-order valence-electron chi connectivity index (χ2n) is 9.47. The molecule has 0 aliphatic rings. The van der Waals surface area contributed by atoms with Crippen LogP contribution in [0.3, 0.4) is 0 Å². The molecule has 38 heavy (non-hydrogen) atoms. The van der Waals surface area contributed by atoms with Crippen LogP contribution < -0.4 is 10.6 Å². The highest BCUT2D eigenvalue weighted by atomic mass is 16.1. The van der Waals surface area contributed by atoms with Gasteiger partial charge in [-0.25, -0.2) is 4.98 Å². The second-order valence-corrected chi connectivity index (χ2v) is 9.47. The number of benzene rings is 4. The predicted octanol–water partition coefficient (Wildman–Crippen LogP) is 7.03. The third kappa shape index (κ3) is 4.60. The van der Waals surface area contributed by atoms with Crippen molar-refractivity contribution in [2.24, 2.45) is 0 Å². The van der Waals surface area contributed by atoms with Crippen molar-refractivity contribution in [3.8, 4) is 11.3 Å². The third-order valence-electron chi connectivity index (χ3n) is 6.77. The van der Waals surface area contributed by atoms with Crippen LogP contribution in [0.5, 0.6) is 0 Å². The molecule has 0 unspecified atom stereocenters. The lowest BCUT2D eigenvalue weighted by Gasteiger charge is -2.13. The minimum atomic E-state index is -0.126. The molecule has 0 fully saturated rings. The number of hydrogen-bond acceptors (Lipinski definition) is 4. The van der Waals surface area contributed by atoms with Gasteiger partial charge in [0.15, 0.2) is 5.65 Å². The summed E-state index contributed by atoms with van der Waals surface area (Å²) in [5, 5.41) is 13.2. The summed E-state index contributed by atoms with van der Waals surface area (Å²) >= 11 is 0. The predicted molar refractivity (Wildman–Crippen MR) is 154 cm³/mol. The Labute approximate surface area is 221 Å². The molecule has 6 aromatic rings. The second kappa shape index (κ2) is 9.82. The van der Waals surface area contributed by atoms with E-state index in [0.29, 0.717) is 12.1 Å². The Morgan fingerprint density at radius 1 is 0.816 bits per heavy atom. The van der Waals surface area contributed by atoms with E-state index >= 15 is 0 Å². The summed E-state index contributed by atoms with van der Waals surface area (Å²) < 4.78 is 1.84. The molecule has 2 N–H and O–H groups in total. The molecule has 0 saturated carbocycles. The lowest BCUT2D eigenvalue weighted by atomic mass is 10.1. The number of rotatable bonds is 6. The van der Waals surface area contributed by atoms with Gasteiger partial charge in [0.1, 0.15) is 5.82 Å². The molecule has 0 spiro atoms. The first-order valence-corrected chi connectivity index (χ1v) is 12.6. The quantitative estimate of drug-likeness (QED) is 0.259. The molecule has 0 saturated heterocycles. The average Bonchev–Trinajstić information content (AvgIpc) is 3.33. The zero-order chi connectivity index (χ0) is 26.1. The van der Waals surface area contributed by atoms with E-state index in [-0.39, 0.29) is 5.91 Å². The standard InChI is InChI=1S/C32H27N5O/c1-21-7-3-6-10-28(21)29-18-30(37-31(36-29)22(2)19-34-37)33-20-23-11-15-27(16-12-23)35-32(38)26-14-13-24-8-4-5-9-25(24)17-26/h3-19,33H,20H2,1-2H3,(H,35,38). The lowest BCUT2D eigenvalue weighted by Crippen LogP contribution is -2.12. The Kier molecular flexibility index (Phi) is 6.06. The Morgan fingerprint density at radius 2 is 1.58 bits per heavy atom. The minimum absolute atomic E-state index is 0.126. The fourth-order valence-corrected chi connectivity index (χ4v) is 4.63. The maximum atomic E-state index is 12.8. The van der Waals surface area contributed by atoms with Crippen molar-refractivity contribution in [1.82, 2.24) is 14.6 Å². The van der Waals surface area contributed by atoms with E-state index in [1.165, 1.54) is 5.56 Å². The molecule has 6 heteroatoms. The van der Waals surface area contributed by atoms with E-state index in [1.807, 2.05) is 103 Å². The largest absolute Gasteiger partial charge is 0.366 e. The Balaban J connectivity index is 1.18. The zero-order valence-corrected chi connectivity index (χ0v) is 21.3. The fraction of sp³-hybridized carbons (Fsp3) is 0.0938. The van der Waals surface area contributed by atoms with Gasteiger partial charge in [0.2, 0.25) is 0 Å². The number of hydrogen-bond donors (Lipinski definition) is 2. The number of aryl methyl sites for hydroxylation is 2. The maximum absolute atomic E-state index is 12.8. The lowest BCUT2D eigenvalue weighted by molar-refractivity contribution is 0.102. The molecule has 2 aromatic heterocycles. The van der Waals surface area contributed by atoms with Gasteiger partial charge < -0.3 is 10.6 Å². The van der Waals surface area contributed by atoms with Crippen LogP contribution in [0.4, 0.5) is 11.5 Å². The average molecular weight is 498 g/mol. The number of fused-ring (bicyclic) bond motifs is 2. The van der Waals surface area contributed by atoms with Gasteiger partial charge in [-0.2, -0.15) is 9.61 Å². The van der Waals surface area contributed by atoms with Crippen LogP contribution in [-0.4, -0.2) is 20.5 Å². The van der Waals surface area contributed by atoms with Crippen molar-refractivity contribution >= 4 is 33.8 Å². The Morgan fingerprint density at radius 3 is 2.39 bits per heavy atom. The SMILES string of the molecule is Cc1ccccc1-c1cc(NCc2ccc(NC(=O)c3ccc4ccccc4c3)cc2)n2ncc(C)c2n1. The van der Waals surface area contributed by atoms with Crippen LogP contribution in [0.15, 0.2) is 103 Å². The first kappa shape index (κ1) is 23.4. The first-order chi connectivity index (χ1) is 18.5. The van der Waals surface area contributed by atoms with E-state index in [0.717, 1.165) is 50.3 Å². The van der Waals surface area contributed by atoms with Crippen LogP contribution >= 0.6 is 0 Å². The smallest absolute Gasteiger partial charge is 0.255 e. The van der Waals surface area contributed by atoms with Gasteiger partial charge in [0, 0.05) is 35.0 Å². The molecule has 1 amide bonds. The highest BCUT2D eigenvalue weighted by molar-refractivity contribution is 6.06. The fourth-order valence-electron chi connectivity index (χ4n) is 4.63. The van der Waals surface area contributed by atoms with Crippen molar-refractivity contribution in [1.29, 1.82) is 0 Å². The molecule has 6 rings (SSSR count). The zero-order valence-electron chi connectivity index (χ0n) is 21.3. The summed E-state index contributed by atoms with van der Waals surface area (Å²) in [5.41, 5.74) is 7.51. The number of carbonyl (C=O) groups excluding carboxylic acids is 1. The number of amides is 1. The topological polar surface area (TPSA) is 71.3 Å². The number of carbonyl (C=O) groups is 1. The summed E-state index contributed by atoms with van der Waals surface area (Å²) in [6.07, 6.45) is 1.84. The number of nitrogens with one attached hydrogen (secondary N) is 2. The Bertz CT molecular complexity index is 1790. The van der Waals surface area contributed by atoms with Gasteiger partial charge in [-0.05, 0) is 60.0 Å². The van der Waals surface area contributed by atoms with Gasteiger partial charge in [-0.3, -0.25) is 4.79 Å². The normalized spacial score (nSPS) is 11.1. The van der Waals surface area contributed by atoms with Crippen molar-refractivity contribution in [2.75, 3.05) is 10.6 Å². The van der Waals surface area contributed by atoms with Crippen molar-refractivity contribution in [3.63, 3.8) is 0 Å². The summed E-state index contributed by atoms with van der Waals surface area (Å²) in [6, 6.07) is 31.9. The third-order valence-corrected chi connectivity index (χ3v) is 6.77. The van der Waals surface area contributed by atoms with Gasteiger partial charge >= 0.3 is 0 Å². The summed E-state index contributed by atoms with van der Waals surface area (Å²) in [6.45, 7) is 4.72. The highest BCUT2D eigenvalue weighted by Gasteiger charge is 2.12. The van der Waals surface area contributed by atoms with Gasteiger partial charge in [0.05, 0.1) is 11.9 Å². The minimum Gasteiger partial charge on any atom is -0.366 e. The van der Waals surface area contributed by atoms with Gasteiger partial charge in [-0.15, -0.1) is 0 Å². The van der Waals surface area contributed by atoms with Crippen LogP contribution in [-0.2, 0) is 6.54 Å². The highest BCUT2D eigenvalue weighted by Crippen LogP contribution is 2.26. The van der Waals surface area contributed by atoms with E-state index in [9.17, 15) is 4.79 Å². The summed E-state index contributed by atoms with van der Waals surface area (Å²) in [5.74, 6) is 0.744. The molecule has 0 aliphatic heterocycles. The number of nitrogens with zero attached hydrogens (tertiary/aromatic N) is 3. The summed E-state index contributed by atoms with van der Waals surface area (Å²) in [4.78, 5) is 17.7. The van der Waals surface area contributed by atoms with Gasteiger partial charge in [-0.1, -0.05) is 66.7 Å². The maximum Gasteiger partial charge on any atom is 0.255 e. The molecule has 0 bridgehead atoms. The molecular formula is C32H27N5O. The molecule has 0 aliphatic carbocycles. The molecule has 0 radical (unpaired) electrons. The monoisotopic (exact) mass is 497 g/mol. The summed E-state index contributed by atoms with van der Waals surface area (Å²) in [7, 11) is 0. The van der Waals surface area contributed by atoms with Gasteiger partial charge in [0.25, 0.3) is 5.91 Å². The van der Waals surface area contributed by atoms with Crippen molar-refractivity contribution < 1.29 is 4.79 Å². The van der Waals surface area contributed by atoms with E-state index in [2.05, 4.69) is 34.8 Å². The van der Waals surface area contributed by atoms with Crippen LogP contribution in [0, 0.1) is 13.8 Å². The van der Waals surface area contributed by atoms with Crippen LogP contribution in [0.25, 0.3) is 27.7 Å².